The van der Waals surface area contributed by atoms with Crippen LogP contribution < -0.4 is 5.32 Å². The summed E-state index contributed by atoms with van der Waals surface area (Å²) in [5.41, 5.74) is 4.27. The van der Waals surface area contributed by atoms with Crippen molar-refractivity contribution in [3.63, 3.8) is 0 Å². The number of rotatable bonds is 2. The molecular weight excluding hydrogens is 448 g/mol. The molecule has 1 aliphatic carbocycles. The summed E-state index contributed by atoms with van der Waals surface area (Å²) in [5, 5.41) is 3.96. The average Bonchev–Trinajstić information content (AvgIpc) is 3.16. The van der Waals surface area contributed by atoms with Gasteiger partial charge < -0.3 is 4.98 Å². The number of nitrogens with zero attached hydrogens (tertiary/aromatic N) is 1. The first kappa shape index (κ1) is 26.3. The highest BCUT2D eigenvalue weighted by atomic mass is 35.5. The van der Waals surface area contributed by atoms with Gasteiger partial charge in [-0.2, -0.15) is 0 Å². The van der Waals surface area contributed by atoms with Crippen LogP contribution in [0.2, 0.25) is 0 Å². The number of para-hydroxylation sites is 1. The van der Waals surface area contributed by atoms with Gasteiger partial charge in [-0.15, -0.1) is 24.8 Å². The van der Waals surface area contributed by atoms with Crippen molar-refractivity contribution in [3.05, 3.63) is 71.4 Å². The zero-order valence-corrected chi connectivity index (χ0v) is 20.2. The molecule has 2 aliphatic rings. The number of ketones is 1. The molecule has 1 aliphatic heterocycles. The molecule has 174 valence electrons. The van der Waals surface area contributed by atoms with Crippen molar-refractivity contribution in [1.82, 2.24) is 15.2 Å². The van der Waals surface area contributed by atoms with Gasteiger partial charge in [-0.25, -0.2) is 4.39 Å². The van der Waals surface area contributed by atoms with E-state index in [1.54, 1.807) is 0 Å². The molecule has 0 saturated heterocycles. The first-order valence-corrected chi connectivity index (χ1v) is 10.7. The second kappa shape index (κ2) is 11.3. The van der Waals surface area contributed by atoms with Crippen molar-refractivity contribution in [2.75, 3.05) is 20.6 Å². The van der Waals surface area contributed by atoms with Gasteiger partial charge in [0.05, 0.1) is 5.69 Å². The molecule has 2 aromatic carbocycles. The zero-order valence-electron chi connectivity index (χ0n) is 18.6. The van der Waals surface area contributed by atoms with E-state index in [0.717, 1.165) is 42.3 Å². The molecule has 5 rings (SSSR count). The molecular formula is C25H32Cl2FN3O. The minimum atomic E-state index is -1.04. The van der Waals surface area contributed by atoms with Gasteiger partial charge in [0.25, 0.3) is 0 Å². The van der Waals surface area contributed by atoms with Crippen molar-refractivity contribution in [2.45, 2.75) is 43.9 Å². The summed E-state index contributed by atoms with van der Waals surface area (Å²) < 4.78 is 13.5. The van der Waals surface area contributed by atoms with Gasteiger partial charge in [0, 0.05) is 35.8 Å². The third-order valence-corrected chi connectivity index (χ3v) is 6.60. The molecule has 2 heterocycles. The molecule has 3 aromatic rings. The smallest absolute Gasteiger partial charge is 0.192 e. The summed E-state index contributed by atoms with van der Waals surface area (Å²) in [5.74, 6) is 0.411. The zero-order chi connectivity index (χ0) is 21.1. The Morgan fingerprint density at radius 3 is 2.22 bits per heavy atom. The summed E-state index contributed by atoms with van der Waals surface area (Å²) >= 11 is 0. The van der Waals surface area contributed by atoms with Gasteiger partial charge in [-0.1, -0.05) is 48.5 Å². The summed E-state index contributed by atoms with van der Waals surface area (Å²) in [6, 6.07) is 18.5. The van der Waals surface area contributed by atoms with Crippen molar-refractivity contribution in [1.29, 1.82) is 0 Å². The maximum absolute atomic E-state index is 13.5. The third-order valence-electron chi connectivity index (χ3n) is 6.60. The molecule has 1 fully saturated rings. The second-order valence-electron chi connectivity index (χ2n) is 8.46. The van der Waals surface area contributed by atoms with E-state index in [-0.39, 0.29) is 30.4 Å². The summed E-state index contributed by atoms with van der Waals surface area (Å²) in [6.07, 6.45) is 3.19. The first-order chi connectivity index (χ1) is 14.5. The van der Waals surface area contributed by atoms with Crippen LogP contribution in [-0.2, 0) is 16.8 Å². The predicted molar refractivity (Wildman–Crippen MR) is 134 cm³/mol. The number of halogens is 3. The number of carbonyl (C=O) groups is 1. The number of aromatic amines is 1. The van der Waals surface area contributed by atoms with E-state index in [4.69, 9.17) is 0 Å². The predicted octanol–water partition coefficient (Wildman–Crippen LogP) is 5.71. The van der Waals surface area contributed by atoms with Crippen LogP contribution in [0, 0.1) is 0 Å². The second-order valence-corrected chi connectivity index (χ2v) is 8.46. The number of benzene rings is 2. The minimum Gasteiger partial charge on any atom is -0.355 e. The van der Waals surface area contributed by atoms with Crippen LogP contribution in [0.3, 0.4) is 0 Å². The number of aromatic nitrogens is 1. The van der Waals surface area contributed by atoms with Gasteiger partial charge in [0.1, 0.15) is 5.78 Å². The van der Waals surface area contributed by atoms with Gasteiger partial charge >= 0.3 is 0 Å². The normalized spacial score (nSPS) is 19.2. The number of H-pyrrole nitrogens is 1. The first-order valence-electron chi connectivity index (χ1n) is 10.7. The topological polar surface area (TPSA) is 48.1 Å². The monoisotopic (exact) mass is 479 g/mol. The molecule has 1 aromatic heterocycles. The summed E-state index contributed by atoms with van der Waals surface area (Å²) in [7, 11) is 4.23. The van der Waals surface area contributed by atoms with Crippen LogP contribution in [0.1, 0.15) is 48.8 Å². The molecule has 0 bridgehead atoms. The third kappa shape index (κ3) is 5.18. The number of nitrogens with one attached hydrogen (secondary N) is 2. The highest BCUT2D eigenvalue weighted by Gasteiger charge is 2.37. The van der Waals surface area contributed by atoms with Gasteiger partial charge in [0.2, 0.25) is 0 Å². The van der Waals surface area contributed by atoms with Crippen LogP contribution in [0.15, 0.2) is 54.6 Å². The van der Waals surface area contributed by atoms with E-state index in [0.29, 0.717) is 24.3 Å². The molecule has 0 radical (unpaired) electrons. The molecule has 0 spiro atoms. The van der Waals surface area contributed by atoms with E-state index in [9.17, 15) is 9.18 Å². The van der Waals surface area contributed by atoms with Crippen molar-refractivity contribution < 1.29 is 9.18 Å². The Morgan fingerprint density at radius 1 is 0.938 bits per heavy atom. The van der Waals surface area contributed by atoms with E-state index in [1.165, 1.54) is 5.56 Å². The summed E-state index contributed by atoms with van der Waals surface area (Å²) in [6.45, 7) is 0.718. The standard InChI is InChI=1S/C14H19NO.C11H11FN2.2ClH/c1-15(2)14(10-8-13(16)9-11-14)12-6-4-3-5-7-12;12-11-10-8(5-6-13-11)7-3-1-2-4-9(7)14-10;;/h3-7H,8-11H2,1-2H3;1-4,11,13-14H,5-6H2;2*1H. The van der Waals surface area contributed by atoms with E-state index >= 15 is 0 Å². The Bertz CT molecular complexity index is 1010. The van der Waals surface area contributed by atoms with Gasteiger partial charge in [-0.3, -0.25) is 15.0 Å². The van der Waals surface area contributed by atoms with Crippen LogP contribution in [0.25, 0.3) is 10.9 Å². The number of hydrogen-bond acceptors (Lipinski definition) is 3. The fourth-order valence-corrected chi connectivity index (χ4v) is 4.82. The molecule has 2 N–H and O–H groups in total. The Hall–Kier alpha value is -1.92. The molecule has 32 heavy (non-hydrogen) atoms. The maximum atomic E-state index is 13.5. The molecule has 1 unspecified atom stereocenters. The molecule has 1 saturated carbocycles. The Morgan fingerprint density at radius 2 is 1.56 bits per heavy atom. The largest absolute Gasteiger partial charge is 0.355 e. The van der Waals surface area contributed by atoms with Crippen molar-refractivity contribution in [2.24, 2.45) is 0 Å². The van der Waals surface area contributed by atoms with E-state index in [2.05, 4.69) is 53.6 Å². The maximum Gasteiger partial charge on any atom is 0.192 e. The number of hydrogen-bond donors (Lipinski definition) is 2. The van der Waals surface area contributed by atoms with Gasteiger partial charge in [0.15, 0.2) is 6.30 Å². The molecule has 1 atom stereocenters. The fraction of sp³-hybridized carbons (Fsp3) is 0.400. The number of fused-ring (bicyclic) bond motifs is 3. The number of Topliss-reactive ketones (excluding diaryl/α,β-unsaturated/α-hetero) is 1. The van der Waals surface area contributed by atoms with Crippen molar-refractivity contribution in [3.8, 4) is 0 Å². The lowest BCUT2D eigenvalue weighted by molar-refractivity contribution is -0.122. The van der Waals surface area contributed by atoms with E-state index in [1.807, 2.05) is 30.3 Å². The average molecular weight is 480 g/mol. The minimum absolute atomic E-state index is 0. The number of carbonyl (C=O) groups excluding carboxylic acids is 1. The van der Waals surface area contributed by atoms with Crippen LogP contribution >= 0.6 is 24.8 Å². The van der Waals surface area contributed by atoms with Crippen LogP contribution in [0.4, 0.5) is 4.39 Å². The van der Waals surface area contributed by atoms with Crippen molar-refractivity contribution >= 4 is 41.5 Å². The van der Waals surface area contributed by atoms with Crippen LogP contribution in [0.5, 0.6) is 0 Å². The lowest BCUT2D eigenvalue weighted by Crippen LogP contribution is -2.44. The SMILES string of the molecule is CN(C)C1(c2ccccc2)CCC(=O)CC1.Cl.Cl.FC1NCCc2c1[nH]c1ccccc21. The lowest BCUT2D eigenvalue weighted by Gasteiger charge is -2.43. The van der Waals surface area contributed by atoms with Crippen LogP contribution in [-0.4, -0.2) is 36.3 Å². The lowest BCUT2D eigenvalue weighted by atomic mass is 9.75. The highest BCUT2D eigenvalue weighted by Crippen LogP contribution is 2.39. The number of alkyl halides is 1. The summed E-state index contributed by atoms with van der Waals surface area (Å²) in [4.78, 5) is 16.8. The van der Waals surface area contributed by atoms with E-state index < -0.39 is 6.30 Å². The Labute approximate surface area is 201 Å². The van der Waals surface area contributed by atoms with Gasteiger partial charge in [-0.05, 0) is 50.6 Å². The molecule has 4 nitrogen and oxygen atoms in total. The highest BCUT2D eigenvalue weighted by molar-refractivity contribution is 5.86. The Balaban J connectivity index is 0.000000215. The Kier molecular flexibility index (Phi) is 9.28. The molecule has 0 amide bonds. The quantitative estimate of drug-likeness (QED) is 0.462. The fourth-order valence-electron chi connectivity index (χ4n) is 4.82. The molecule has 7 heteroatoms.